The molecular formula is C18H19N3OS. The molecule has 0 saturated carbocycles. The SMILES string of the molecule is CCCCn1c(=Nc2ccc(C)cc2)sc2ncccc2c1=O. The molecule has 3 rings (SSSR count). The standard InChI is InChI=1S/C18H19N3OS/c1-3-4-12-21-17(22)15-6-5-11-19-16(15)23-18(21)20-14-9-7-13(2)8-10-14/h5-11H,3-4,12H2,1-2H3. The number of rotatable bonds is 4. The molecule has 23 heavy (non-hydrogen) atoms. The fraction of sp³-hybridized carbons (Fsp3) is 0.278. The minimum atomic E-state index is -0.00818. The van der Waals surface area contributed by atoms with Crippen molar-refractivity contribution in [2.75, 3.05) is 0 Å². The molecule has 0 aliphatic rings. The molecule has 2 heterocycles. The van der Waals surface area contributed by atoms with Crippen molar-refractivity contribution in [2.45, 2.75) is 33.2 Å². The molecule has 0 atom stereocenters. The Morgan fingerprint density at radius 3 is 2.74 bits per heavy atom. The minimum absolute atomic E-state index is 0.00818. The Morgan fingerprint density at radius 2 is 2.00 bits per heavy atom. The Balaban J connectivity index is 2.24. The molecule has 2 aromatic heterocycles. The third-order valence-corrected chi connectivity index (χ3v) is 4.67. The second-order valence-corrected chi connectivity index (χ2v) is 6.45. The lowest BCUT2D eigenvalue weighted by Crippen LogP contribution is -2.32. The fourth-order valence-electron chi connectivity index (χ4n) is 2.34. The van der Waals surface area contributed by atoms with Gasteiger partial charge in [0.2, 0.25) is 0 Å². The highest BCUT2D eigenvalue weighted by atomic mass is 32.1. The van der Waals surface area contributed by atoms with Crippen LogP contribution in [-0.4, -0.2) is 9.55 Å². The minimum Gasteiger partial charge on any atom is -0.284 e. The highest BCUT2D eigenvalue weighted by Crippen LogP contribution is 2.13. The zero-order chi connectivity index (χ0) is 16.2. The van der Waals surface area contributed by atoms with Crippen LogP contribution in [0.3, 0.4) is 0 Å². The van der Waals surface area contributed by atoms with Gasteiger partial charge in [-0.05, 0) is 37.6 Å². The maximum Gasteiger partial charge on any atom is 0.263 e. The average molecular weight is 325 g/mol. The Bertz CT molecular complexity index is 939. The molecule has 0 saturated heterocycles. The topological polar surface area (TPSA) is 47.2 Å². The van der Waals surface area contributed by atoms with Gasteiger partial charge in [-0.15, -0.1) is 0 Å². The number of fused-ring (bicyclic) bond motifs is 1. The lowest BCUT2D eigenvalue weighted by Gasteiger charge is -2.07. The van der Waals surface area contributed by atoms with Crippen LogP contribution in [0.25, 0.3) is 10.2 Å². The van der Waals surface area contributed by atoms with E-state index in [1.54, 1.807) is 16.8 Å². The largest absolute Gasteiger partial charge is 0.284 e. The van der Waals surface area contributed by atoms with E-state index in [-0.39, 0.29) is 5.56 Å². The molecule has 118 valence electrons. The van der Waals surface area contributed by atoms with Gasteiger partial charge in [-0.2, -0.15) is 0 Å². The summed E-state index contributed by atoms with van der Waals surface area (Å²) in [6, 6.07) is 11.6. The molecule has 0 aliphatic heterocycles. The molecule has 3 aromatic rings. The molecule has 0 spiro atoms. The lowest BCUT2D eigenvalue weighted by atomic mass is 10.2. The number of hydrogen-bond donors (Lipinski definition) is 0. The molecular weight excluding hydrogens is 306 g/mol. The van der Waals surface area contributed by atoms with Gasteiger partial charge in [0.05, 0.1) is 11.1 Å². The van der Waals surface area contributed by atoms with Crippen LogP contribution in [-0.2, 0) is 6.54 Å². The highest BCUT2D eigenvalue weighted by molar-refractivity contribution is 7.15. The summed E-state index contributed by atoms with van der Waals surface area (Å²) in [6.45, 7) is 4.85. The molecule has 0 bridgehead atoms. The number of pyridine rings is 1. The highest BCUT2D eigenvalue weighted by Gasteiger charge is 2.07. The van der Waals surface area contributed by atoms with E-state index in [9.17, 15) is 4.79 Å². The lowest BCUT2D eigenvalue weighted by molar-refractivity contribution is 0.602. The van der Waals surface area contributed by atoms with E-state index in [4.69, 9.17) is 0 Å². The first-order chi connectivity index (χ1) is 11.2. The number of unbranched alkanes of at least 4 members (excludes halogenated alkanes) is 1. The maximum atomic E-state index is 12.8. The summed E-state index contributed by atoms with van der Waals surface area (Å²) in [7, 11) is 0. The predicted molar refractivity (Wildman–Crippen MR) is 95.2 cm³/mol. The first-order valence-corrected chi connectivity index (χ1v) is 8.61. The first kappa shape index (κ1) is 15.6. The molecule has 0 unspecified atom stereocenters. The quantitative estimate of drug-likeness (QED) is 0.732. The summed E-state index contributed by atoms with van der Waals surface area (Å²) in [4.78, 5) is 23.2. The van der Waals surface area contributed by atoms with Gasteiger partial charge in [-0.25, -0.2) is 9.98 Å². The second kappa shape index (κ2) is 6.87. The van der Waals surface area contributed by atoms with Crippen LogP contribution in [0.5, 0.6) is 0 Å². The van der Waals surface area contributed by atoms with Gasteiger partial charge in [0.25, 0.3) is 5.56 Å². The Morgan fingerprint density at radius 1 is 1.22 bits per heavy atom. The van der Waals surface area contributed by atoms with Gasteiger partial charge in [0.1, 0.15) is 4.83 Å². The van der Waals surface area contributed by atoms with Crippen molar-refractivity contribution in [1.82, 2.24) is 9.55 Å². The van der Waals surface area contributed by atoms with Gasteiger partial charge in [0.15, 0.2) is 4.80 Å². The van der Waals surface area contributed by atoms with E-state index in [0.29, 0.717) is 16.7 Å². The van der Waals surface area contributed by atoms with Crippen LogP contribution in [0.2, 0.25) is 0 Å². The zero-order valence-electron chi connectivity index (χ0n) is 13.3. The predicted octanol–water partition coefficient (Wildman–Crippen LogP) is 3.80. The van der Waals surface area contributed by atoms with E-state index in [2.05, 4.69) is 16.9 Å². The summed E-state index contributed by atoms with van der Waals surface area (Å²) < 4.78 is 1.78. The summed E-state index contributed by atoms with van der Waals surface area (Å²) in [5.74, 6) is 0. The number of benzene rings is 1. The van der Waals surface area contributed by atoms with Gasteiger partial charge >= 0.3 is 0 Å². The van der Waals surface area contributed by atoms with Crippen LogP contribution in [0, 0.1) is 6.92 Å². The molecule has 5 heteroatoms. The van der Waals surface area contributed by atoms with E-state index in [0.717, 1.165) is 23.4 Å². The van der Waals surface area contributed by atoms with Gasteiger partial charge in [-0.3, -0.25) is 9.36 Å². The monoisotopic (exact) mass is 325 g/mol. The number of hydrogen-bond acceptors (Lipinski definition) is 4. The summed E-state index contributed by atoms with van der Waals surface area (Å²) >= 11 is 1.46. The van der Waals surface area contributed by atoms with Gasteiger partial charge in [-0.1, -0.05) is 42.4 Å². The van der Waals surface area contributed by atoms with Crippen LogP contribution in [0.15, 0.2) is 52.4 Å². The average Bonchev–Trinajstić information content (AvgIpc) is 2.57. The molecule has 0 radical (unpaired) electrons. The van der Waals surface area contributed by atoms with Crippen molar-refractivity contribution < 1.29 is 0 Å². The molecule has 0 amide bonds. The van der Waals surface area contributed by atoms with E-state index in [1.807, 2.05) is 37.3 Å². The summed E-state index contributed by atoms with van der Waals surface area (Å²) in [6.07, 6.45) is 3.70. The Labute approximate surface area is 138 Å². The smallest absolute Gasteiger partial charge is 0.263 e. The summed E-state index contributed by atoms with van der Waals surface area (Å²) in [5.41, 5.74) is 2.04. The fourth-order valence-corrected chi connectivity index (χ4v) is 3.32. The number of aryl methyl sites for hydroxylation is 1. The van der Waals surface area contributed by atoms with Crippen LogP contribution < -0.4 is 10.4 Å². The molecule has 4 nitrogen and oxygen atoms in total. The Hall–Kier alpha value is -2.27. The zero-order valence-corrected chi connectivity index (χ0v) is 14.1. The second-order valence-electron chi connectivity index (χ2n) is 5.50. The van der Waals surface area contributed by atoms with E-state index < -0.39 is 0 Å². The molecule has 0 fully saturated rings. The normalized spacial score (nSPS) is 12.0. The van der Waals surface area contributed by atoms with Gasteiger partial charge in [0, 0.05) is 12.7 Å². The van der Waals surface area contributed by atoms with E-state index in [1.165, 1.54) is 16.9 Å². The van der Waals surface area contributed by atoms with E-state index >= 15 is 0 Å². The van der Waals surface area contributed by atoms with Crippen molar-refractivity contribution in [3.63, 3.8) is 0 Å². The summed E-state index contributed by atoms with van der Waals surface area (Å²) in [5, 5.41) is 0.663. The van der Waals surface area contributed by atoms with Crippen molar-refractivity contribution in [3.8, 4) is 0 Å². The maximum absolute atomic E-state index is 12.8. The van der Waals surface area contributed by atoms with Crippen molar-refractivity contribution >= 4 is 27.2 Å². The third kappa shape index (κ3) is 3.40. The molecule has 1 aromatic carbocycles. The van der Waals surface area contributed by atoms with Crippen molar-refractivity contribution in [2.24, 2.45) is 4.99 Å². The number of nitrogens with zero attached hydrogens (tertiary/aromatic N) is 3. The van der Waals surface area contributed by atoms with Crippen molar-refractivity contribution in [1.29, 1.82) is 0 Å². The third-order valence-electron chi connectivity index (χ3n) is 3.66. The van der Waals surface area contributed by atoms with Crippen molar-refractivity contribution in [3.05, 3.63) is 63.3 Å². The van der Waals surface area contributed by atoms with Crippen LogP contribution in [0.4, 0.5) is 5.69 Å². The Kier molecular flexibility index (Phi) is 4.67. The van der Waals surface area contributed by atoms with Gasteiger partial charge < -0.3 is 0 Å². The number of aromatic nitrogens is 2. The first-order valence-electron chi connectivity index (χ1n) is 7.79. The molecule has 0 N–H and O–H groups in total. The van der Waals surface area contributed by atoms with Crippen LogP contribution in [0.1, 0.15) is 25.3 Å². The molecule has 0 aliphatic carbocycles. The van der Waals surface area contributed by atoms with Crippen LogP contribution >= 0.6 is 11.3 Å².